The van der Waals surface area contributed by atoms with Crippen molar-refractivity contribution in [3.63, 3.8) is 0 Å². The highest BCUT2D eigenvalue weighted by Crippen LogP contribution is 2.20. The lowest BCUT2D eigenvalue weighted by Gasteiger charge is -2.33. The molecule has 1 aliphatic heterocycles. The average Bonchev–Trinajstić information content (AvgIpc) is 2.41. The molecule has 4 nitrogen and oxygen atoms in total. The zero-order chi connectivity index (χ0) is 14.5. The molecular formula is C15H22FN3O. The number of nitrogens with two attached hydrogens (primary N) is 1. The highest BCUT2D eigenvalue weighted by Gasteiger charge is 2.18. The summed E-state index contributed by atoms with van der Waals surface area (Å²) in [6.45, 7) is 4.02. The first-order valence-corrected chi connectivity index (χ1v) is 7.15. The minimum atomic E-state index is -0.400. The first-order chi connectivity index (χ1) is 9.56. The molecule has 1 atom stereocenters. The lowest BCUT2D eigenvalue weighted by Crippen LogP contribution is -2.39. The Morgan fingerprint density at radius 2 is 2.30 bits per heavy atom. The Hall–Kier alpha value is -1.62. The number of likely N-dealkylation sites (tertiary alicyclic amines) is 1. The molecule has 110 valence electrons. The van der Waals surface area contributed by atoms with Gasteiger partial charge in [-0.3, -0.25) is 4.79 Å². The van der Waals surface area contributed by atoms with Gasteiger partial charge in [0.2, 0.25) is 5.91 Å². The molecule has 0 saturated carbocycles. The molecule has 0 aliphatic carbocycles. The van der Waals surface area contributed by atoms with Crippen molar-refractivity contribution in [1.82, 2.24) is 4.90 Å². The first-order valence-electron chi connectivity index (χ1n) is 7.15. The standard InChI is InChI=1S/C15H22FN3O/c1-11-4-2-3-8-19(11)9-7-15(20)18-14-6-5-12(16)10-13(14)17/h5-6,10-11H,2-4,7-9,17H2,1H3,(H,18,20). The van der Waals surface area contributed by atoms with Crippen molar-refractivity contribution in [2.24, 2.45) is 0 Å². The summed E-state index contributed by atoms with van der Waals surface area (Å²) >= 11 is 0. The van der Waals surface area contributed by atoms with Gasteiger partial charge in [0.25, 0.3) is 0 Å². The molecule has 1 aliphatic rings. The monoisotopic (exact) mass is 279 g/mol. The number of hydrogen-bond acceptors (Lipinski definition) is 3. The number of amides is 1. The van der Waals surface area contributed by atoms with Gasteiger partial charge in [-0.15, -0.1) is 0 Å². The molecule has 1 fully saturated rings. The first kappa shape index (κ1) is 14.8. The van der Waals surface area contributed by atoms with Gasteiger partial charge < -0.3 is 16.0 Å². The number of halogens is 1. The van der Waals surface area contributed by atoms with Gasteiger partial charge in [-0.05, 0) is 44.5 Å². The SMILES string of the molecule is CC1CCCCN1CCC(=O)Nc1ccc(F)cc1N. The minimum Gasteiger partial charge on any atom is -0.397 e. The van der Waals surface area contributed by atoms with E-state index in [1.807, 2.05) is 0 Å². The minimum absolute atomic E-state index is 0.0823. The molecule has 1 aromatic carbocycles. The molecule has 1 amide bonds. The molecule has 5 heteroatoms. The van der Waals surface area contributed by atoms with E-state index in [0.717, 1.165) is 13.1 Å². The summed E-state index contributed by atoms with van der Waals surface area (Å²) in [5.41, 5.74) is 6.39. The van der Waals surface area contributed by atoms with Crippen LogP contribution < -0.4 is 11.1 Å². The Labute approximate surface area is 119 Å². The fraction of sp³-hybridized carbons (Fsp3) is 0.533. The number of nitrogens with one attached hydrogen (secondary N) is 1. The molecule has 20 heavy (non-hydrogen) atoms. The van der Waals surface area contributed by atoms with E-state index in [9.17, 15) is 9.18 Å². The number of piperidine rings is 1. The Kier molecular flexibility index (Phi) is 4.95. The third-order valence-electron chi connectivity index (χ3n) is 3.85. The number of hydrogen-bond donors (Lipinski definition) is 2. The molecule has 0 spiro atoms. The average molecular weight is 279 g/mol. The Morgan fingerprint density at radius 1 is 1.50 bits per heavy atom. The van der Waals surface area contributed by atoms with Crippen LogP contribution in [0, 0.1) is 5.82 Å². The van der Waals surface area contributed by atoms with Gasteiger partial charge in [-0.25, -0.2) is 4.39 Å². The van der Waals surface area contributed by atoms with E-state index in [-0.39, 0.29) is 11.6 Å². The summed E-state index contributed by atoms with van der Waals surface area (Å²) in [4.78, 5) is 14.3. The highest BCUT2D eigenvalue weighted by molar-refractivity contribution is 5.93. The molecule has 1 heterocycles. The van der Waals surface area contributed by atoms with Crippen molar-refractivity contribution < 1.29 is 9.18 Å². The van der Waals surface area contributed by atoms with Crippen LogP contribution in [0.25, 0.3) is 0 Å². The summed E-state index contributed by atoms with van der Waals surface area (Å²) < 4.78 is 12.9. The fourth-order valence-electron chi connectivity index (χ4n) is 2.60. The maximum Gasteiger partial charge on any atom is 0.225 e. The van der Waals surface area contributed by atoms with Crippen LogP contribution >= 0.6 is 0 Å². The van der Waals surface area contributed by atoms with Crippen molar-refractivity contribution in [1.29, 1.82) is 0 Å². The predicted molar refractivity (Wildman–Crippen MR) is 78.9 cm³/mol. The second-order valence-electron chi connectivity index (χ2n) is 5.41. The molecule has 0 aromatic heterocycles. The van der Waals surface area contributed by atoms with E-state index in [4.69, 9.17) is 5.73 Å². The van der Waals surface area contributed by atoms with Gasteiger partial charge in [-0.1, -0.05) is 6.42 Å². The van der Waals surface area contributed by atoms with Crippen LogP contribution in [0.15, 0.2) is 18.2 Å². The topological polar surface area (TPSA) is 58.4 Å². The van der Waals surface area contributed by atoms with Gasteiger partial charge in [0.05, 0.1) is 11.4 Å². The van der Waals surface area contributed by atoms with Gasteiger partial charge in [0, 0.05) is 19.0 Å². The van der Waals surface area contributed by atoms with Gasteiger partial charge in [0.15, 0.2) is 0 Å². The molecule has 1 aromatic rings. The van der Waals surface area contributed by atoms with E-state index >= 15 is 0 Å². The van der Waals surface area contributed by atoms with Gasteiger partial charge in [0.1, 0.15) is 5.82 Å². The largest absolute Gasteiger partial charge is 0.397 e. The van der Waals surface area contributed by atoms with Crippen molar-refractivity contribution >= 4 is 17.3 Å². The van der Waals surface area contributed by atoms with Gasteiger partial charge in [-0.2, -0.15) is 0 Å². The summed E-state index contributed by atoms with van der Waals surface area (Å²) in [6, 6.07) is 4.54. The maximum atomic E-state index is 12.9. The lowest BCUT2D eigenvalue weighted by atomic mass is 10.0. The number of nitrogen functional groups attached to an aromatic ring is 1. The van der Waals surface area contributed by atoms with Crippen molar-refractivity contribution in [3.8, 4) is 0 Å². The molecule has 0 bridgehead atoms. The zero-order valence-electron chi connectivity index (χ0n) is 11.9. The van der Waals surface area contributed by atoms with E-state index < -0.39 is 5.82 Å². The fourth-order valence-corrected chi connectivity index (χ4v) is 2.60. The second-order valence-corrected chi connectivity index (χ2v) is 5.41. The third kappa shape index (κ3) is 3.93. The lowest BCUT2D eigenvalue weighted by molar-refractivity contribution is -0.116. The molecular weight excluding hydrogens is 257 g/mol. The van der Waals surface area contributed by atoms with Crippen LogP contribution in [-0.4, -0.2) is 29.9 Å². The van der Waals surface area contributed by atoms with Crippen LogP contribution in [0.4, 0.5) is 15.8 Å². The van der Waals surface area contributed by atoms with Crippen molar-refractivity contribution in [2.45, 2.75) is 38.6 Å². The smallest absolute Gasteiger partial charge is 0.225 e. The molecule has 0 radical (unpaired) electrons. The summed E-state index contributed by atoms with van der Waals surface area (Å²) in [6.07, 6.45) is 4.11. The van der Waals surface area contributed by atoms with E-state index in [1.54, 1.807) is 0 Å². The summed E-state index contributed by atoms with van der Waals surface area (Å²) in [5.74, 6) is -0.483. The van der Waals surface area contributed by atoms with Gasteiger partial charge >= 0.3 is 0 Å². The maximum absolute atomic E-state index is 12.9. The normalized spacial score (nSPS) is 19.8. The summed E-state index contributed by atoms with van der Waals surface area (Å²) in [7, 11) is 0. The van der Waals surface area contributed by atoms with Crippen LogP contribution in [0.3, 0.4) is 0 Å². The van der Waals surface area contributed by atoms with Crippen molar-refractivity contribution in [3.05, 3.63) is 24.0 Å². The molecule has 1 saturated heterocycles. The number of benzene rings is 1. The molecule has 3 N–H and O–H groups in total. The number of anilines is 2. The van der Waals surface area contributed by atoms with Crippen LogP contribution in [-0.2, 0) is 4.79 Å². The van der Waals surface area contributed by atoms with E-state index in [0.29, 0.717) is 18.2 Å². The van der Waals surface area contributed by atoms with Crippen LogP contribution in [0.1, 0.15) is 32.6 Å². The third-order valence-corrected chi connectivity index (χ3v) is 3.85. The number of rotatable bonds is 4. The number of nitrogens with zero attached hydrogens (tertiary/aromatic N) is 1. The predicted octanol–water partition coefficient (Wildman–Crippen LogP) is 2.61. The van der Waals surface area contributed by atoms with E-state index in [2.05, 4.69) is 17.1 Å². The quantitative estimate of drug-likeness (QED) is 0.833. The highest BCUT2D eigenvalue weighted by atomic mass is 19.1. The van der Waals surface area contributed by atoms with Crippen LogP contribution in [0.5, 0.6) is 0 Å². The summed E-state index contributed by atoms with van der Waals surface area (Å²) in [5, 5.41) is 2.73. The number of carbonyl (C=O) groups is 1. The molecule has 1 unspecified atom stereocenters. The molecule has 2 rings (SSSR count). The van der Waals surface area contributed by atoms with Crippen LogP contribution in [0.2, 0.25) is 0 Å². The number of carbonyl (C=O) groups excluding carboxylic acids is 1. The Bertz CT molecular complexity index is 478. The second kappa shape index (κ2) is 6.70. The van der Waals surface area contributed by atoms with E-state index in [1.165, 1.54) is 37.5 Å². The zero-order valence-corrected chi connectivity index (χ0v) is 11.9. The Balaban J connectivity index is 1.83. The Morgan fingerprint density at radius 3 is 3.00 bits per heavy atom. The van der Waals surface area contributed by atoms with Crippen molar-refractivity contribution in [2.75, 3.05) is 24.1 Å².